The third kappa shape index (κ3) is 2.19. The molecule has 0 aromatic carbocycles. The van der Waals surface area contributed by atoms with Crippen molar-refractivity contribution in [1.82, 2.24) is 10.2 Å². The number of H-pyrrole nitrogens is 1. The van der Waals surface area contributed by atoms with E-state index in [-0.39, 0.29) is 5.02 Å². The minimum absolute atomic E-state index is 0.105. The van der Waals surface area contributed by atoms with Crippen LogP contribution in [-0.4, -0.2) is 10.2 Å². The zero-order valence-corrected chi connectivity index (χ0v) is 8.41. The van der Waals surface area contributed by atoms with Crippen molar-refractivity contribution in [3.63, 3.8) is 0 Å². The highest BCUT2D eigenvalue weighted by molar-refractivity contribution is 6.32. The summed E-state index contributed by atoms with van der Waals surface area (Å²) < 4.78 is 4.90. The number of hydrogen-bond acceptors (Lipinski definition) is 4. The van der Waals surface area contributed by atoms with Crippen molar-refractivity contribution in [3.8, 4) is 0 Å². The lowest BCUT2D eigenvalue weighted by molar-refractivity contribution is 0.564. The van der Waals surface area contributed by atoms with E-state index >= 15 is 0 Å². The van der Waals surface area contributed by atoms with E-state index in [4.69, 9.17) is 16.0 Å². The Morgan fingerprint density at radius 3 is 3.20 bits per heavy atom. The number of furan rings is 1. The molecule has 0 saturated carbocycles. The zero-order valence-electron chi connectivity index (χ0n) is 7.66. The summed E-state index contributed by atoms with van der Waals surface area (Å²) in [5, 5.41) is 8.96. The van der Waals surface area contributed by atoms with Crippen molar-refractivity contribution in [2.75, 3.05) is 5.32 Å². The van der Waals surface area contributed by atoms with E-state index in [9.17, 15) is 4.79 Å². The maximum atomic E-state index is 11.1. The second-order valence-corrected chi connectivity index (χ2v) is 3.29. The first-order chi connectivity index (χ1) is 7.27. The molecule has 0 fully saturated rings. The molecule has 2 aromatic rings. The minimum Gasteiger partial charge on any atom is -0.472 e. The summed E-state index contributed by atoms with van der Waals surface area (Å²) in [7, 11) is 0. The Hall–Kier alpha value is -1.75. The standard InChI is InChI=1S/C9H8ClN3O2/c10-8-7(4-12-13-9(8)14)11-3-6-1-2-15-5-6/h1-2,4-5H,3H2,(H2,11,13,14). The predicted molar refractivity (Wildman–Crippen MR) is 55.9 cm³/mol. The van der Waals surface area contributed by atoms with Crippen LogP contribution in [0.15, 0.2) is 34.0 Å². The molecule has 2 heterocycles. The van der Waals surface area contributed by atoms with Gasteiger partial charge in [0.1, 0.15) is 5.02 Å². The first-order valence-electron chi connectivity index (χ1n) is 4.25. The van der Waals surface area contributed by atoms with Crippen LogP contribution in [0, 0.1) is 0 Å². The molecule has 5 nitrogen and oxygen atoms in total. The normalized spacial score (nSPS) is 10.2. The van der Waals surface area contributed by atoms with Crippen molar-refractivity contribution in [3.05, 3.63) is 45.7 Å². The van der Waals surface area contributed by atoms with Crippen LogP contribution >= 0.6 is 11.6 Å². The van der Waals surface area contributed by atoms with Gasteiger partial charge in [-0.2, -0.15) is 5.10 Å². The number of rotatable bonds is 3. The topological polar surface area (TPSA) is 70.9 Å². The van der Waals surface area contributed by atoms with E-state index in [1.165, 1.54) is 6.20 Å². The van der Waals surface area contributed by atoms with Gasteiger partial charge in [0.25, 0.3) is 5.56 Å². The molecule has 0 bridgehead atoms. The molecule has 0 saturated heterocycles. The molecule has 0 aliphatic heterocycles. The van der Waals surface area contributed by atoms with E-state index in [2.05, 4.69) is 15.5 Å². The average molecular weight is 226 g/mol. The lowest BCUT2D eigenvalue weighted by Gasteiger charge is -2.04. The van der Waals surface area contributed by atoms with E-state index in [1.54, 1.807) is 12.5 Å². The summed E-state index contributed by atoms with van der Waals surface area (Å²) in [6.45, 7) is 0.529. The molecule has 0 aliphatic carbocycles. The summed E-state index contributed by atoms with van der Waals surface area (Å²) in [6.07, 6.45) is 4.65. The largest absolute Gasteiger partial charge is 0.472 e. The molecule has 78 valence electrons. The van der Waals surface area contributed by atoms with Crippen LogP contribution in [0.2, 0.25) is 5.02 Å². The highest BCUT2D eigenvalue weighted by Gasteiger charge is 2.04. The van der Waals surface area contributed by atoms with Crippen LogP contribution in [0.1, 0.15) is 5.56 Å². The second-order valence-electron chi connectivity index (χ2n) is 2.91. The van der Waals surface area contributed by atoms with Gasteiger partial charge in [-0.05, 0) is 6.07 Å². The van der Waals surface area contributed by atoms with Gasteiger partial charge in [0.2, 0.25) is 0 Å². The van der Waals surface area contributed by atoms with Gasteiger partial charge in [-0.15, -0.1) is 0 Å². The maximum absolute atomic E-state index is 11.1. The number of hydrogen-bond donors (Lipinski definition) is 2. The summed E-state index contributed by atoms with van der Waals surface area (Å²) in [6, 6.07) is 1.82. The van der Waals surface area contributed by atoms with Gasteiger partial charge >= 0.3 is 0 Å². The quantitative estimate of drug-likeness (QED) is 0.833. The molecule has 15 heavy (non-hydrogen) atoms. The van der Waals surface area contributed by atoms with Gasteiger partial charge in [-0.1, -0.05) is 11.6 Å². The molecule has 0 aliphatic rings. The van der Waals surface area contributed by atoms with Crippen LogP contribution in [0.25, 0.3) is 0 Å². The molecule has 0 atom stereocenters. The Morgan fingerprint density at radius 1 is 1.60 bits per heavy atom. The van der Waals surface area contributed by atoms with Crippen LogP contribution in [0.5, 0.6) is 0 Å². The highest BCUT2D eigenvalue weighted by Crippen LogP contribution is 2.15. The Labute approximate surface area is 90.1 Å². The van der Waals surface area contributed by atoms with Gasteiger partial charge in [-0.25, -0.2) is 5.10 Å². The SMILES string of the molecule is O=c1[nH]ncc(NCc2ccoc2)c1Cl. The van der Waals surface area contributed by atoms with Crippen LogP contribution in [0.4, 0.5) is 5.69 Å². The van der Waals surface area contributed by atoms with Crippen molar-refractivity contribution in [1.29, 1.82) is 0 Å². The van der Waals surface area contributed by atoms with E-state index < -0.39 is 5.56 Å². The van der Waals surface area contributed by atoms with Gasteiger partial charge < -0.3 is 9.73 Å². The number of aromatic amines is 1. The lowest BCUT2D eigenvalue weighted by atomic mass is 10.3. The summed E-state index contributed by atoms with van der Waals surface area (Å²) >= 11 is 5.76. The fraction of sp³-hybridized carbons (Fsp3) is 0.111. The number of aromatic nitrogens is 2. The van der Waals surface area contributed by atoms with Crippen LogP contribution in [0.3, 0.4) is 0 Å². The van der Waals surface area contributed by atoms with E-state index in [0.29, 0.717) is 12.2 Å². The predicted octanol–water partition coefficient (Wildman–Crippen LogP) is 1.63. The Balaban J connectivity index is 2.12. The monoisotopic (exact) mass is 225 g/mol. The molecule has 0 spiro atoms. The smallest absolute Gasteiger partial charge is 0.285 e. The first kappa shape index (κ1) is 9.79. The molecule has 0 amide bonds. The van der Waals surface area contributed by atoms with E-state index in [0.717, 1.165) is 5.56 Å². The summed E-state index contributed by atoms with van der Waals surface area (Å²) in [4.78, 5) is 11.1. The van der Waals surface area contributed by atoms with Crippen molar-refractivity contribution in [2.24, 2.45) is 0 Å². The van der Waals surface area contributed by atoms with E-state index in [1.807, 2.05) is 6.07 Å². The van der Waals surface area contributed by atoms with Crippen LogP contribution in [-0.2, 0) is 6.54 Å². The molecule has 2 N–H and O–H groups in total. The number of nitrogens with zero attached hydrogens (tertiary/aromatic N) is 1. The van der Waals surface area contributed by atoms with Gasteiger partial charge in [0.15, 0.2) is 0 Å². The van der Waals surface area contributed by atoms with Crippen molar-refractivity contribution in [2.45, 2.75) is 6.54 Å². The summed E-state index contributed by atoms with van der Waals surface area (Å²) in [5.41, 5.74) is 1.06. The molecule has 0 radical (unpaired) electrons. The molecule has 0 unspecified atom stereocenters. The van der Waals surface area contributed by atoms with Crippen LogP contribution < -0.4 is 10.9 Å². The fourth-order valence-corrected chi connectivity index (χ4v) is 1.26. The lowest BCUT2D eigenvalue weighted by Crippen LogP contribution is -2.11. The Bertz CT molecular complexity index is 492. The first-order valence-corrected chi connectivity index (χ1v) is 4.63. The molecular weight excluding hydrogens is 218 g/mol. The zero-order chi connectivity index (χ0) is 10.7. The van der Waals surface area contributed by atoms with Gasteiger partial charge in [-0.3, -0.25) is 4.79 Å². The maximum Gasteiger partial charge on any atom is 0.285 e. The molecule has 2 rings (SSSR count). The third-order valence-electron chi connectivity index (χ3n) is 1.86. The number of nitrogens with one attached hydrogen (secondary N) is 2. The Morgan fingerprint density at radius 2 is 2.47 bits per heavy atom. The third-order valence-corrected chi connectivity index (χ3v) is 2.23. The van der Waals surface area contributed by atoms with Crippen molar-refractivity contribution >= 4 is 17.3 Å². The molecular formula is C9H8ClN3O2. The highest BCUT2D eigenvalue weighted by atomic mass is 35.5. The molecule has 2 aromatic heterocycles. The minimum atomic E-state index is -0.408. The van der Waals surface area contributed by atoms with Gasteiger partial charge in [0, 0.05) is 12.1 Å². The number of halogens is 1. The fourth-order valence-electron chi connectivity index (χ4n) is 1.10. The molecule has 6 heteroatoms. The average Bonchev–Trinajstić information content (AvgIpc) is 2.73. The summed E-state index contributed by atoms with van der Waals surface area (Å²) in [5.74, 6) is 0. The Kier molecular flexibility index (Phi) is 2.73. The second kappa shape index (κ2) is 4.18. The van der Waals surface area contributed by atoms with Gasteiger partial charge in [0.05, 0.1) is 24.4 Å². The van der Waals surface area contributed by atoms with Crippen molar-refractivity contribution < 1.29 is 4.42 Å². The number of anilines is 1.